The zero-order valence-corrected chi connectivity index (χ0v) is 11.2. The third-order valence-electron chi connectivity index (χ3n) is 2.00. The fraction of sp³-hybridized carbons (Fsp3) is 1.00. The number of ether oxygens (including phenoxy) is 2. The molecule has 0 aromatic rings. The lowest BCUT2D eigenvalue weighted by molar-refractivity contribution is -0.0390. The molecule has 0 bridgehead atoms. The van der Waals surface area contributed by atoms with Crippen LogP contribution in [0.25, 0.3) is 0 Å². The highest BCUT2D eigenvalue weighted by Crippen LogP contribution is 1.99. The van der Waals surface area contributed by atoms with Crippen LogP contribution in [-0.2, 0) is 9.47 Å². The second-order valence-electron chi connectivity index (χ2n) is 5.09. The second-order valence-corrected chi connectivity index (χ2v) is 5.09. The molecule has 2 N–H and O–H groups in total. The quantitative estimate of drug-likeness (QED) is 0.661. The number of hydrogen-bond acceptors (Lipinski definition) is 4. The van der Waals surface area contributed by atoms with Crippen LogP contribution in [0.2, 0.25) is 0 Å². The van der Waals surface area contributed by atoms with Gasteiger partial charge in [0.05, 0.1) is 25.4 Å². The van der Waals surface area contributed by atoms with Crippen molar-refractivity contribution in [2.24, 2.45) is 0 Å². The largest absolute Gasteiger partial charge is 0.389 e. The number of aliphatic hydroxyl groups is 1. The van der Waals surface area contributed by atoms with Gasteiger partial charge in [-0.05, 0) is 34.6 Å². The maximum Gasteiger partial charge on any atom is 0.0898 e. The smallest absolute Gasteiger partial charge is 0.0898 e. The van der Waals surface area contributed by atoms with Crippen molar-refractivity contribution in [2.75, 3.05) is 26.4 Å². The molecule has 4 nitrogen and oxygen atoms in total. The van der Waals surface area contributed by atoms with Crippen LogP contribution in [0.3, 0.4) is 0 Å². The Hall–Kier alpha value is -0.160. The van der Waals surface area contributed by atoms with Gasteiger partial charge in [-0.1, -0.05) is 0 Å². The number of β-amino-alcohol motifs (C(OH)–C–C–N with tert-alkyl or cyclic N) is 1. The van der Waals surface area contributed by atoms with Crippen molar-refractivity contribution in [3.05, 3.63) is 0 Å². The van der Waals surface area contributed by atoms with Crippen LogP contribution in [-0.4, -0.2) is 49.2 Å². The first-order valence-corrected chi connectivity index (χ1v) is 5.97. The van der Waals surface area contributed by atoms with E-state index in [1.165, 1.54) is 0 Å². The molecule has 0 radical (unpaired) electrons. The summed E-state index contributed by atoms with van der Waals surface area (Å²) in [5, 5.41) is 12.9. The highest BCUT2D eigenvalue weighted by Gasteiger charge is 2.13. The van der Waals surface area contributed by atoms with E-state index < -0.39 is 6.10 Å². The molecule has 0 aliphatic heterocycles. The summed E-state index contributed by atoms with van der Waals surface area (Å²) in [5.41, 5.74) is 0.0257. The lowest BCUT2D eigenvalue weighted by atomic mass is 10.1. The molecule has 2 atom stereocenters. The lowest BCUT2D eigenvalue weighted by Crippen LogP contribution is -2.42. The summed E-state index contributed by atoms with van der Waals surface area (Å²) in [6.07, 6.45) is -0.437. The van der Waals surface area contributed by atoms with Crippen molar-refractivity contribution >= 4 is 0 Å². The number of nitrogens with one attached hydrogen (secondary N) is 1. The minimum absolute atomic E-state index is 0.0257. The number of aliphatic hydroxyl groups excluding tert-OH is 1. The molecule has 0 fully saturated rings. The van der Waals surface area contributed by atoms with E-state index in [-0.39, 0.29) is 11.6 Å². The van der Waals surface area contributed by atoms with Crippen molar-refractivity contribution in [3.8, 4) is 0 Å². The molecular weight excluding hydrogens is 206 g/mol. The molecule has 0 rings (SSSR count). The summed E-state index contributed by atoms with van der Waals surface area (Å²) >= 11 is 0. The van der Waals surface area contributed by atoms with Crippen molar-refractivity contribution in [2.45, 2.75) is 52.4 Å². The van der Waals surface area contributed by atoms with Gasteiger partial charge in [0.2, 0.25) is 0 Å². The fourth-order valence-electron chi connectivity index (χ4n) is 1.09. The van der Waals surface area contributed by atoms with Crippen molar-refractivity contribution < 1.29 is 14.6 Å². The summed E-state index contributed by atoms with van der Waals surface area (Å²) in [7, 11) is 0. The molecule has 4 heteroatoms. The van der Waals surface area contributed by atoms with Gasteiger partial charge in [0.15, 0.2) is 0 Å². The van der Waals surface area contributed by atoms with E-state index in [4.69, 9.17) is 9.47 Å². The van der Waals surface area contributed by atoms with Crippen LogP contribution < -0.4 is 5.32 Å². The summed E-state index contributed by atoms with van der Waals surface area (Å²) in [6.45, 7) is 12.3. The van der Waals surface area contributed by atoms with E-state index in [1.807, 2.05) is 13.8 Å². The minimum atomic E-state index is -0.469. The van der Waals surface area contributed by atoms with Gasteiger partial charge in [-0.2, -0.15) is 0 Å². The van der Waals surface area contributed by atoms with E-state index in [0.717, 1.165) is 0 Å². The zero-order chi connectivity index (χ0) is 12.6. The molecular formula is C12H27NO3. The molecule has 98 valence electrons. The Bertz CT molecular complexity index is 168. The Labute approximate surface area is 99.3 Å². The van der Waals surface area contributed by atoms with Crippen molar-refractivity contribution in [1.29, 1.82) is 0 Å². The van der Waals surface area contributed by atoms with Crippen LogP contribution in [0.15, 0.2) is 0 Å². The first kappa shape index (κ1) is 15.8. The minimum Gasteiger partial charge on any atom is -0.389 e. The average Bonchev–Trinajstić information content (AvgIpc) is 2.19. The van der Waals surface area contributed by atoms with Crippen molar-refractivity contribution in [1.82, 2.24) is 5.32 Å². The molecule has 16 heavy (non-hydrogen) atoms. The second kappa shape index (κ2) is 8.01. The molecule has 0 aliphatic carbocycles. The number of rotatable bonds is 8. The Morgan fingerprint density at radius 2 is 1.88 bits per heavy atom. The van der Waals surface area contributed by atoms with Crippen LogP contribution in [0.4, 0.5) is 0 Å². The molecule has 0 heterocycles. The van der Waals surface area contributed by atoms with Gasteiger partial charge >= 0.3 is 0 Å². The highest BCUT2D eigenvalue weighted by atomic mass is 16.5. The topological polar surface area (TPSA) is 50.7 Å². The van der Waals surface area contributed by atoms with Gasteiger partial charge < -0.3 is 19.9 Å². The Morgan fingerprint density at radius 3 is 2.38 bits per heavy atom. The monoisotopic (exact) mass is 233 g/mol. The standard InChI is InChI=1S/C12H27NO3/c1-6-15-8-10(2)16-9-11(14)7-13-12(3,4)5/h10-11,13-14H,6-9H2,1-5H3. The fourth-order valence-corrected chi connectivity index (χ4v) is 1.09. The van der Waals surface area contributed by atoms with Gasteiger partial charge in [0, 0.05) is 18.7 Å². The molecule has 0 amide bonds. The average molecular weight is 233 g/mol. The maximum absolute atomic E-state index is 9.66. The Kier molecular flexibility index (Phi) is 7.93. The SMILES string of the molecule is CCOCC(C)OCC(O)CNC(C)(C)C. The van der Waals surface area contributed by atoms with Crippen LogP contribution in [0.5, 0.6) is 0 Å². The van der Waals surface area contributed by atoms with E-state index in [9.17, 15) is 5.11 Å². The van der Waals surface area contributed by atoms with E-state index in [0.29, 0.717) is 26.4 Å². The summed E-state index contributed by atoms with van der Waals surface area (Å²) < 4.78 is 10.7. The van der Waals surface area contributed by atoms with Crippen molar-refractivity contribution in [3.63, 3.8) is 0 Å². The van der Waals surface area contributed by atoms with E-state index in [2.05, 4.69) is 26.1 Å². The first-order valence-electron chi connectivity index (χ1n) is 5.97. The van der Waals surface area contributed by atoms with Gasteiger partial charge in [-0.15, -0.1) is 0 Å². The third kappa shape index (κ3) is 10.4. The van der Waals surface area contributed by atoms with Gasteiger partial charge in [0.1, 0.15) is 0 Å². The Morgan fingerprint density at radius 1 is 1.25 bits per heavy atom. The van der Waals surface area contributed by atoms with E-state index in [1.54, 1.807) is 0 Å². The molecule has 0 aromatic carbocycles. The zero-order valence-electron chi connectivity index (χ0n) is 11.2. The van der Waals surface area contributed by atoms with Gasteiger partial charge in [0.25, 0.3) is 0 Å². The first-order chi connectivity index (χ1) is 7.35. The summed E-state index contributed by atoms with van der Waals surface area (Å²) in [4.78, 5) is 0. The normalized spacial score (nSPS) is 16.1. The summed E-state index contributed by atoms with van der Waals surface area (Å²) in [5.74, 6) is 0. The van der Waals surface area contributed by atoms with Gasteiger partial charge in [-0.25, -0.2) is 0 Å². The van der Waals surface area contributed by atoms with Crippen LogP contribution in [0.1, 0.15) is 34.6 Å². The van der Waals surface area contributed by atoms with Gasteiger partial charge in [-0.3, -0.25) is 0 Å². The molecule has 0 aliphatic rings. The molecule has 2 unspecified atom stereocenters. The molecule has 0 aromatic heterocycles. The molecule has 0 saturated carbocycles. The predicted octanol–water partition coefficient (Wildman–Crippen LogP) is 1.18. The highest BCUT2D eigenvalue weighted by molar-refractivity contribution is 4.72. The molecule has 0 saturated heterocycles. The van der Waals surface area contributed by atoms with Crippen LogP contribution >= 0.6 is 0 Å². The Balaban J connectivity index is 3.53. The van der Waals surface area contributed by atoms with Crippen LogP contribution in [0, 0.1) is 0 Å². The predicted molar refractivity (Wildman–Crippen MR) is 65.7 cm³/mol. The third-order valence-corrected chi connectivity index (χ3v) is 2.00. The number of hydrogen-bond donors (Lipinski definition) is 2. The summed E-state index contributed by atoms with van der Waals surface area (Å²) in [6, 6.07) is 0. The lowest BCUT2D eigenvalue weighted by Gasteiger charge is -2.23. The van der Waals surface area contributed by atoms with E-state index >= 15 is 0 Å². The molecule has 0 spiro atoms. The maximum atomic E-state index is 9.66.